The highest BCUT2D eigenvalue weighted by atomic mass is 16.5. The smallest absolute Gasteiger partial charge is 0.411 e. The molecule has 0 aliphatic carbocycles. The number of piperazine rings is 1. The number of β-amino-alcohol motifs (C(OH)–C–C–N with tert-alkyl or cyclic N) is 1. The Kier molecular flexibility index (Phi) is 9.67. The van der Waals surface area contributed by atoms with Gasteiger partial charge in [0.1, 0.15) is 0 Å². The number of carbonyl (C=O) groups is 2. The molecule has 10 nitrogen and oxygen atoms in total. The molecule has 0 bridgehead atoms. The Morgan fingerprint density at radius 3 is 2.42 bits per heavy atom. The van der Waals surface area contributed by atoms with Crippen molar-refractivity contribution < 1.29 is 24.2 Å². The SMILES string of the molecule is COCCn1c(C)c(C)c2cc(C(=O)N3CCN(CCO)CC3)cc(NCc3c(C)cccc3NC(=O)OC)c21. The van der Waals surface area contributed by atoms with Gasteiger partial charge in [-0.15, -0.1) is 0 Å². The number of aliphatic hydroxyl groups excluding tert-OH is 1. The van der Waals surface area contributed by atoms with Crippen LogP contribution in [0.1, 0.15) is 32.7 Å². The summed E-state index contributed by atoms with van der Waals surface area (Å²) >= 11 is 0. The van der Waals surface area contributed by atoms with Crippen LogP contribution in [-0.4, -0.2) is 91.6 Å². The zero-order valence-electron chi connectivity index (χ0n) is 24.2. The fourth-order valence-electron chi connectivity index (χ4n) is 5.39. The maximum absolute atomic E-state index is 13.7. The molecule has 2 aromatic carbocycles. The first kappa shape index (κ1) is 29.4. The number of fused-ring (bicyclic) bond motifs is 1. The molecule has 40 heavy (non-hydrogen) atoms. The topological polar surface area (TPSA) is 108 Å². The first-order chi connectivity index (χ1) is 19.3. The highest BCUT2D eigenvalue weighted by molar-refractivity contribution is 6.04. The summed E-state index contributed by atoms with van der Waals surface area (Å²) in [7, 11) is 3.03. The summed E-state index contributed by atoms with van der Waals surface area (Å²) in [5.41, 5.74) is 7.38. The Hall–Kier alpha value is -3.60. The fourth-order valence-corrected chi connectivity index (χ4v) is 5.39. The van der Waals surface area contributed by atoms with Gasteiger partial charge in [0.05, 0.1) is 31.5 Å². The van der Waals surface area contributed by atoms with Gasteiger partial charge in [-0.3, -0.25) is 15.0 Å². The van der Waals surface area contributed by atoms with Gasteiger partial charge in [-0.05, 0) is 55.7 Å². The van der Waals surface area contributed by atoms with Gasteiger partial charge in [-0.1, -0.05) is 12.1 Å². The van der Waals surface area contributed by atoms with Gasteiger partial charge in [0.2, 0.25) is 0 Å². The predicted molar refractivity (Wildman–Crippen MR) is 157 cm³/mol. The monoisotopic (exact) mass is 551 g/mol. The van der Waals surface area contributed by atoms with E-state index >= 15 is 0 Å². The van der Waals surface area contributed by atoms with Crippen molar-refractivity contribution in [1.82, 2.24) is 14.4 Å². The Bertz CT molecular complexity index is 1360. The Morgan fingerprint density at radius 1 is 1.00 bits per heavy atom. The van der Waals surface area contributed by atoms with Crippen LogP contribution in [0.5, 0.6) is 0 Å². The molecule has 1 fully saturated rings. The number of benzene rings is 2. The maximum atomic E-state index is 13.7. The number of carbonyl (C=O) groups excluding carboxylic acids is 2. The number of anilines is 2. The van der Waals surface area contributed by atoms with E-state index < -0.39 is 6.09 Å². The Morgan fingerprint density at radius 2 is 1.75 bits per heavy atom. The molecule has 3 aromatic rings. The quantitative estimate of drug-likeness (QED) is 0.352. The van der Waals surface area contributed by atoms with Crippen LogP contribution < -0.4 is 10.6 Å². The van der Waals surface area contributed by atoms with Crippen molar-refractivity contribution in [2.45, 2.75) is 33.9 Å². The van der Waals surface area contributed by atoms with Crippen molar-refractivity contribution in [1.29, 1.82) is 0 Å². The molecular weight excluding hydrogens is 510 g/mol. The van der Waals surface area contributed by atoms with Gasteiger partial charge in [-0.2, -0.15) is 0 Å². The third-order valence-electron chi connectivity index (χ3n) is 7.86. The lowest BCUT2D eigenvalue weighted by molar-refractivity contribution is 0.0615. The average Bonchev–Trinajstić information content (AvgIpc) is 3.20. The summed E-state index contributed by atoms with van der Waals surface area (Å²) in [6, 6.07) is 9.69. The number of nitrogens with one attached hydrogen (secondary N) is 2. The van der Waals surface area contributed by atoms with Gasteiger partial charge in [-0.25, -0.2) is 4.79 Å². The van der Waals surface area contributed by atoms with Crippen LogP contribution in [0.3, 0.4) is 0 Å². The second kappa shape index (κ2) is 13.2. The minimum absolute atomic E-state index is 0.000711. The van der Waals surface area contributed by atoms with Crippen LogP contribution in [0.15, 0.2) is 30.3 Å². The molecule has 0 radical (unpaired) electrons. The van der Waals surface area contributed by atoms with Crippen LogP contribution >= 0.6 is 0 Å². The molecule has 2 heterocycles. The number of amides is 2. The van der Waals surface area contributed by atoms with E-state index in [1.54, 1.807) is 7.11 Å². The van der Waals surface area contributed by atoms with Crippen LogP contribution in [0.25, 0.3) is 10.9 Å². The van der Waals surface area contributed by atoms with Gasteiger partial charge < -0.3 is 29.4 Å². The minimum atomic E-state index is -0.527. The summed E-state index contributed by atoms with van der Waals surface area (Å²) in [5, 5.41) is 16.7. The first-order valence-electron chi connectivity index (χ1n) is 13.7. The van der Waals surface area contributed by atoms with Gasteiger partial charge >= 0.3 is 6.09 Å². The zero-order valence-corrected chi connectivity index (χ0v) is 24.2. The van der Waals surface area contributed by atoms with E-state index in [-0.39, 0.29) is 12.5 Å². The highest BCUT2D eigenvalue weighted by Crippen LogP contribution is 2.34. The third kappa shape index (κ3) is 6.24. The molecule has 10 heteroatoms. The average molecular weight is 552 g/mol. The van der Waals surface area contributed by atoms with Crippen molar-refractivity contribution in [3.63, 3.8) is 0 Å². The summed E-state index contributed by atoms with van der Waals surface area (Å²) in [6.45, 7) is 11.3. The number of aliphatic hydroxyl groups is 1. The molecule has 2 amide bonds. The van der Waals surface area contributed by atoms with Gasteiger partial charge in [0, 0.05) is 75.3 Å². The third-order valence-corrected chi connectivity index (χ3v) is 7.86. The molecule has 1 aliphatic heterocycles. The number of hydrogen-bond donors (Lipinski definition) is 3. The standard InChI is InChI=1S/C30H41N5O5/c1-20-7-6-8-26(32-30(38)40-5)25(20)19-31-27-18-23(29(37)34-11-9-33(10-12-34)13-15-36)17-24-21(2)22(3)35(28(24)27)14-16-39-4/h6-8,17-18,31,36H,9-16,19H2,1-5H3,(H,32,38). The van der Waals surface area contributed by atoms with Crippen molar-refractivity contribution in [2.75, 3.05) is 70.8 Å². The lowest BCUT2D eigenvalue weighted by atomic mass is 10.0. The summed E-state index contributed by atoms with van der Waals surface area (Å²) in [6.07, 6.45) is -0.527. The number of nitrogens with zero attached hydrogens (tertiary/aromatic N) is 3. The van der Waals surface area contributed by atoms with Crippen molar-refractivity contribution in [2.24, 2.45) is 0 Å². The molecule has 1 aromatic heterocycles. The van der Waals surface area contributed by atoms with E-state index in [2.05, 4.69) is 33.9 Å². The second-order valence-corrected chi connectivity index (χ2v) is 10.2. The van der Waals surface area contributed by atoms with E-state index in [4.69, 9.17) is 9.47 Å². The zero-order chi connectivity index (χ0) is 28.8. The van der Waals surface area contributed by atoms with Crippen LogP contribution in [0, 0.1) is 20.8 Å². The van der Waals surface area contributed by atoms with E-state index in [1.807, 2.05) is 42.2 Å². The van der Waals surface area contributed by atoms with Crippen LogP contribution in [0.4, 0.5) is 16.2 Å². The second-order valence-electron chi connectivity index (χ2n) is 10.2. The lowest BCUT2D eigenvalue weighted by Gasteiger charge is -2.34. The largest absolute Gasteiger partial charge is 0.453 e. The van der Waals surface area contributed by atoms with Crippen LogP contribution in [0.2, 0.25) is 0 Å². The Labute approximate surface area is 235 Å². The number of methoxy groups -OCH3 is 2. The van der Waals surface area contributed by atoms with E-state index in [9.17, 15) is 14.7 Å². The normalized spacial score (nSPS) is 14.0. The van der Waals surface area contributed by atoms with E-state index in [0.717, 1.165) is 52.1 Å². The Balaban J connectivity index is 1.72. The molecule has 3 N–H and O–H groups in total. The number of hydrogen-bond acceptors (Lipinski definition) is 7. The molecule has 0 saturated carbocycles. The minimum Gasteiger partial charge on any atom is -0.453 e. The molecular formula is C30H41N5O5. The summed E-state index contributed by atoms with van der Waals surface area (Å²) in [5.74, 6) is -0.000711. The first-order valence-corrected chi connectivity index (χ1v) is 13.7. The predicted octanol–water partition coefficient (Wildman–Crippen LogP) is 3.75. The van der Waals surface area contributed by atoms with Gasteiger partial charge in [0.15, 0.2) is 0 Å². The number of ether oxygens (including phenoxy) is 2. The van der Waals surface area contributed by atoms with E-state index in [1.165, 1.54) is 7.11 Å². The molecule has 0 unspecified atom stereocenters. The number of aryl methyl sites for hydroxylation is 2. The highest BCUT2D eigenvalue weighted by Gasteiger charge is 2.25. The number of rotatable bonds is 10. The van der Waals surface area contributed by atoms with Crippen molar-refractivity contribution in [3.8, 4) is 0 Å². The van der Waals surface area contributed by atoms with Gasteiger partial charge in [0.25, 0.3) is 5.91 Å². The van der Waals surface area contributed by atoms with Crippen molar-refractivity contribution >= 4 is 34.3 Å². The molecule has 1 saturated heterocycles. The summed E-state index contributed by atoms with van der Waals surface area (Å²) < 4.78 is 12.5. The molecule has 4 rings (SSSR count). The number of aromatic nitrogens is 1. The molecule has 1 aliphatic rings. The lowest BCUT2D eigenvalue weighted by Crippen LogP contribution is -2.49. The van der Waals surface area contributed by atoms with Crippen molar-refractivity contribution in [3.05, 3.63) is 58.3 Å². The fraction of sp³-hybridized carbons (Fsp3) is 0.467. The molecule has 0 spiro atoms. The van der Waals surface area contributed by atoms with E-state index in [0.29, 0.717) is 50.6 Å². The molecule has 216 valence electrons. The molecule has 0 atom stereocenters. The maximum Gasteiger partial charge on any atom is 0.411 e. The summed E-state index contributed by atoms with van der Waals surface area (Å²) in [4.78, 5) is 29.8. The van der Waals surface area contributed by atoms with Crippen LogP contribution in [-0.2, 0) is 22.6 Å².